The minimum Gasteiger partial charge on any atom is -0.258 e. The Balaban J connectivity index is 2.41. The van der Waals surface area contributed by atoms with Crippen LogP contribution in [-0.2, 0) is 0 Å². The number of nitro benzene ring substituents is 1. The molecule has 0 radical (unpaired) electrons. The molecule has 1 aromatic carbocycles. The van der Waals surface area contributed by atoms with Crippen LogP contribution in [0.15, 0.2) is 46.5 Å². The number of nitrogens with zero attached hydrogens (tertiary/aromatic N) is 4. The average Bonchev–Trinajstić information content (AvgIpc) is 2.40. The highest BCUT2D eigenvalue weighted by molar-refractivity contribution is 7.99. The summed E-state index contributed by atoms with van der Waals surface area (Å²) in [4.78, 5) is 10.8. The number of nitro groups is 1. The number of benzene rings is 1. The Morgan fingerprint density at radius 1 is 1.33 bits per heavy atom. The van der Waals surface area contributed by atoms with Crippen molar-refractivity contribution >= 4 is 17.4 Å². The van der Waals surface area contributed by atoms with Gasteiger partial charge in [-0.15, -0.1) is 5.10 Å². The van der Waals surface area contributed by atoms with Crippen LogP contribution in [0.3, 0.4) is 0 Å². The van der Waals surface area contributed by atoms with Gasteiger partial charge in [-0.05, 0) is 12.1 Å². The normalized spacial score (nSPS) is 9.72. The molecule has 0 saturated heterocycles. The van der Waals surface area contributed by atoms with Crippen molar-refractivity contribution in [2.75, 3.05) is 0 Å². The van der Waals surface area contributed by atoms with Crippen LogP contribution >= 0.6 is 11.8 Å². The van der Waals surface area contributed by atoms with E-state index in [0.29, 0.717) is 15.5 Å². The largest absolute Gasteiger partial charge is 0.283 e. The lowest BCUT2D eigenvalue weighted by Crippen LogP contribution is -1.93. The van der Waals surface area contributed by atoms with Crippen molar-refractivity contribution in [3.8, 4) is 6.07 Å². The molecule has 0 aliphatic carbocycles. The third-order valence-corrected chi connectivity index (χ3v) is 3.14. The third-order valence-electron chi connectivity index (χ3n) is 2.08. The molecule has 2 aromatic rings. The fourth-order valence-corrected chi connectivity index (χ4v) is 2.19. The van der Waals surface area contributed by atoms with Crippen LogP contribution < -0.4 is 0 Å². The molecule has 1 heterocycles. The van der Waals surface area contributed by atoms with Crippen molar-refractivity contribution in [1.29, 1.82) is 5.26 Å². The molecule has 0 aliphatic rings. The van der Waals surface area contributed by atoms with E-state index in [1.54, 1.807) is 18.2 Å². The molecule has 0 aliphatic heterocycles. The third kappa shape index (κ3) is 2.44. The van der Waals surface area contributed by atoms with Crippen LogP contribution in [0.2, 0.25) is 0 Å². The number of nitriles is 1. The molecule has 0 atom stereocenters. The molecule has 1 aromatic heterocycles. The molecule has 18 heavy (non-hydrogen) atoms. The Hall–Kier alpha value is -2.46. The molecule has 0 N–H and O–H groups in total. The molecule has 0 amide bonds. The average molecular weight is 258 g/mol. The van der Waals surface area contributed by atoms with Gasteiger partial charge in [-0.25, -0.2) is 0 Å². The molecule has 0 spiro atoms. The summed E-state index contributed by atoms with van der Waals surface area (Å²) in [6.45, 7) is 0. The second kappa shape index (κ2) is 5.25. The van der Waals surface area contributed by atoms with Crippen LogP contribution in [0.4, 0.5) is 5.69 Å². The first-order chi connectivity index (χ1) is 8.72. The summed E-state index contributed by atoms with van der Waals surface area (Å²) in [7, 11) is 0. The van der Waals surface area contributed by atoms with E-state index in [1.165, 1.54) is 18.3 Å². The topological polar surface area (TPSA) is 92.7 Å². The van der Waals surface area contributed by atoms with E-state index in [0.717, 1.165) is 11.8 Å². The van der Waals surface area contributed by atoms with E-state index in [4.69, 9.17) is 5.26 Å². The summed E-state index contributed by atoms with van der Waals surface area (Å²) in [5, 5.41) is 27.6. The monoisotopic (exact) mass is 258 g/mol. The maximum absolute atomic E-state index is 10.9. The highest BCUT2D eigenvalue weighted by Crippen LogP contribution is 2.34. The van der Waals surface area contributed by atoms with Gasteiger partial charge in [0, 0.05) is 6.07 Å². The van der Waals surface area contributed by atoms with Crippen LogP contribution in [0, 0.1) is 21.4 Å². The van der Waals surface area contributed by atoms with Gasteiger partial charge in [-0.3, -0.25) is 10.1 Å². The molecule has 7 heteroatoms. The first-order valence-corrected chi connectivity index (χ1v) is 5.67. The van der Waals surface area contributed by atoms with Gasteiger partial charge in [0.25, 0.3) is 5.69 Å². The van der Waals surface area contributed by atoms with Gasteiger partial charge in [0.2, 0.25) is 0 Å². The van der Waals surface area contributed by atoms with E-state index in [-0.39, 0.29) is 5.69 Å². The molecule has 88 valence electrons. The van der Waals surface area contributed by atoms with Crippen LogP contribution in [-0.4, -0.2) is 15.1 Å². The fraction of sp³-hybridized carbons (Fsp3) is 0. The predicted molar refractivity (Wildman–Crippen MR) is 64.0 cm³/mol. The summed E-state index contributed by atoms with van der Waals surface area (Å²) >= 11 is 1.06. The van der Waals surface area contributed by atoms with Gasteiger partial charge in [0.1, 0.15) is 11.1 Å². The zero-order valence-electron chi connectivity index (χ0n) is 8.98. The minimum atomic E-state index is -0.468. The van der Waals surface area contributed by atoms with Crippen LogP contribution in [0.25, 0.3) is 0 Å². The predicted octanol–water partition coefficient (Wildman–Crippen LogP) is 2.41. The van der Waals surface area contributed by atoms with Gasteiger partial charge >= 0.3 is 0 Å². The lowest BCUT2D eigenvalue weighted by atomic mass is 10.3. The van der Waals surface area contributed by atoms with Crippen molar-refractivity contribution in [2.24, 2.45) is 0 Å². The van der Waals surface area contributed by atoms with Gasteiger partial charge in [-0.1, -0.05) is 23.9 Å². The molecule has 0 fully saturated rings. The Labute approximate surface area is 106 Å². The summed E-state index contributed by atoms with van der Waals surface area (Å²) < 4.78 is 0. The van der Waals surface area contributed by atoms with Gasteiger partial charge < -0.3 is 0 Å². The van der Waals surface area contributed by atoms with E-state index < -0.39 is 4.92 Å². The molecular weight excluding hydrogens is 252 g/mol. The highest BCUT2D eigenvalue weighted by atomic mass is 32.2. The standard InChI is InChI=1S/C11H6N4O2S/c12-7-8-5-6-13-14-11(8)18-10-4-2-1-3-9(10)15(16)17/h1-6H. The smallest absolute Gasteiger partial charge is 0.258 e. The van der Waals surface area contributed by atoms with Crippen molar-refractivity contribution in [3.63, 3.8) is 0 Å². The van der Waals surface area contributed by atoms with Crippen molar-refractivity contribution < 1.29 is 4.92 Å². The van der Waals surface area contributed by atoms with Crippen LogP contribution in [0.5, 0.6) is 0 Å². The summed E-state index contributed by atoms with van der Waals surface area (Å²) in [6, 6.07) is 9.79. The Bertz CT molecular complexity index is 639. The zero-order chi connectivity index (χ0) is 13.0. The fourth-order valence-electron chi connectivity index (χ4n) is 1.28. The first-order valence-electron chi connectivity index (χ1n) is 4.85. The maximum atomic E-state index is 10.9. The number of rotatable bonds is 3. The lowest BCUT2D eigenvalue weighted by molar-refractivity contribution is -0.387. The van der Waals surface area contributed by atoms with Crippen molar-refractivity contribution in [2.45, 2.75) is 9.92 Å². The van der Waals surface area contributed by atoms with Crippen LogP contribution in [0.1, 0.15) is 5.56 Å². The Kier molecular flexibility index (Phi) is 3.50. The van der Waals surface area contributed by atoms with E-state index >= 15 is 0 Å². The molecule has 2 rings (SSSR count). The molecule has 0 saturated carbocycles. The van der Waals surface area contributed by atoms with Crippen molar-refractivity contribution in [1.82, 2.24) is 10.2 Å². The van der Waals surface area contributed by atoms with Gasteiger partial charge in [0.05, 0.1) is 21.6 Å². The molecule has 0 bridgehead atoms. The first kappa shape index (κ1) is 12.0. The second-order valence-corrected chi connectivity index (χ2v) is 4.22. The molecular formula is C11H6N4O2S. The maximum Gasteiger partial charge on any atom is 0.283 e. The number of aromatic nitrogens is 2. The number of hydrogen-bond donors (Lipinski definition) is 0. The summed E-state index contributed by atoms with van der Waals surface area (Å²) in [5.41, 5.74) is 0.324. The lowest BCUT2D eigenvalue weighted by Gasteiger charge is -2.02. The van der Waals surface area contributed by atoms with E-state index in [9.17, 15) is 10.1 Å². The molecule has 0 unspecified atom stereocenters. The second-order valence-electron chi connectivity index (χ2n) is 3.19. The minimum absolute atomic E-state index is 0.0166. The van der Waals surface area contributed by atoms with Crippen molar-refractivity contribution in [3.05, 3.63) is 52.2 Å². The summed E-state index contributed by atoms with van der Waals surface area (Å²) in [5.74, 6) is 0. The Morgan fingerprint density at radius 2 is 2.11 bits per heavy atom. The van der Waals surface area contributed by atoms with E-state index in [1.807, 2.05) is 6.07 Å². The van der Waals surface area contributed by atoms with Gasteiger partial charge in [0.15, 0.2) is 0 Å². The number of hydrogen-bond acceptors (Lipinski definition) is 6. The zero-order valence-corrected chi connectivity index (χ0v) is 9.79. The molecule has 6 nitrogen and oxygen atoms in total. The van der Waals surface area contributed by atoms with E-state index in [2.05, 4.69) is 10.2 Å². The Morgan fingerprint density at radius 3 is 2.83 bits per heavy atom. The highest BCUT2D eigenvalue weighted by Gasteiger charge is 2.16. The van der Waals surface area contributed by atoms with Gasteiger partial charge in [-0.2, -0.15) is 10.4 Å². The quantitative estimate of drug-likeness (QED) is 0.620. The SMILES string of the molecule is N#Cc1ccnnc1Sc1ccccc1[N+](=O)[O-]. The summed E-state index contributed by atoms with van der Waals surface area (Å²) in [6.07, 6.45) is 1.40. The number of para-hydroxylation sites is 1.